The maximum absolute atomic E-state index is 12.4. The average molecular weight is 380 g/mol. The molecule has 0 fully saturated rings. The molecule has 0 saturated carbocycles. The second-order valence-corrected chi connectivity index (χ2v) is 7.62. The zero-order valence-corrected chi connectivity index (χ0v) is 16.4. The lowest BCUT2D eigenvalue weighted by Crippen LogP contribution is -2.59. The average Bonchev–Trinajstić information content (AvgIpc) is 2.52. The molecule has 0 aliphatic rings. The zero-order chi connectivity index (χ0) is 20.7. The summed E-state index contributed by atoms with van der Waals surface area (Å²) in [6.07, 6.45) is -0.769. The number of carboxylic acids is 1. The second-order valence-electron chi connectivity index (χ2n) is 7.62. The van der Waals surface area contributed by atoms with E-state index in [1.165, 1.54) is 13.8 Å². The van der Waals surface area contributed by atoms with Crippen molar-refractivity contribution in [3.8, 4) is 0 Å². The molecule has 1 aromatic carbocycles. The van der Waals surface area contributed by atoms with Crippen LogP contribution in [0.1, 0.15) is 40.2 Å². The van der Waals surface area contributed by atoms with Gasteiger partial charge in [0.1, 0.15) is 11.1 Å². The Bertz CT molecular complexity index is 652. The normalized spacial score (nSPS) is 12.8. The summed E-state index contributed by atoms with van der Waals surface area (Å²) >= 11 is 0. The van der Waals surface area contributed by atoms with Gasteiger partial charge < -0.3 is 25.2 Å². The number of carbonyl (C=O) groups is 3. The van der Waals surface area contributed by atoms with Gasteiger partial charge in [-0.15, -0.1) is 0 Å². The maximum Gasteiger partial charge on any atom is 0.408 e. The fraction of sp³-hybridized carbons (Fsp3) is 0.526. The van der Waals surface area contributed by atoms with Crippen molar-refractivity contribution >= 4 is 18.0 Å². The Morgan fingerprint density at radius 2 is 1.67 bits per heavy atom. The summed E-state index contributed by atoms with van der Waals surface area (Å²) in [4.78, 5) is 35.7. The van der Waals surface area contributed by atoms with E-state index in [2.05, 4.69) is 10.6 Å². The lowest BCUT2D eigenvalue weighted by atomic mass is 10.0. The molecule has 2 amide bonds. The second kappa shape index (κ2) is 9.36. The lowest BCUT2D eigenvalue weighted by molar-refractivity contribution is -0.144. The monoisotopic (exact) mass is 380 g/mol. The van der Waals surface area contributed by atoms with Gasteiger partial charge in [0.05, 0.1) is 13.2 Å². The molecule has 27 heavy (non-hydrogen) atoms. The van der Waals surface area contributed by atoms with Crippen LogP contribution in [0.15, 0.2) is 30.3 Å². The predicted octanol–water partition coefficient (Wildman–Crippen LogP) is 2.08. The van der Waals surface area contributed by atoms with Crippen molar-refractivity contribution in [1.29, 1.82) is 0 Å². The third-order valence-electron chi connectivity index (χ3n) is 3.38. The van der Waals surface area contributed by atoms with Crippen LogP contribution in [0, 0.1) is 0 Å². The van der Waals surface area contributed by atoms with Crippen LogP contribution in [-0.4, -0.2) is 46.9 Å². The number of hydrogen-bond acceptors (Lipinski definition) is 5. The van der Waals surface area contributed by atoms with Crippen LogP contribution >= 0.6 is 0 Å². The molecule has 0 saturated heterocycles. The fourth-order valence-corrected chi connectivity index (χ4v) is 2.00. The van der Waals surface area contributed by atoms with Crippen LogP contribution in [0.3, 0.4) is 0 Å². The number of hydrogen-bond donors (Lipinski definition) is 3. The molecule has 1 aromatic rings. The highest BCUT2D eigenvalue weighted by atomic mass is 16.6. The van der Waals surface area contributed by atoms with Gasteiger partial charge >= 0.3 is 12.1 Å². The molecule has 0 heterocycles. The first-order chi connectivity index (χ1) is 12.4. The largest absolute Gasteiger partial charge is 0.480 e. The number of benzene rings is 1. The van der Waals surface area contributed by atoms with E-state index >= 15 is 0 Å². The highest BCUT2D eigenvalue weighted by Crippen LogP contribution is 2.10. The van der Waals surface area contributed by atoms with E-state index in [1.54, 1.807) is 20.8 Å². The molecule has 0 aromatic heterocycles. The molecule has 8 nitrogen and oxygen atoms in total. The Morgan fingerprint density at radius 1 is 1.07 bits per heavy atom. The Hall–Kier alpha value is -2.61. The number of carboxylic acid groups (broad SMARTS) is 1. The highest BCUT2D eigenvalue weighted by molar-refractivity contribution is 5.92. The highest BCUT2D eigenvalue weighted by Gasteiger charge is 2.34. The summed E-state index contributed by atoms with van der Waals surface area (Å²) in [6, 6.07) is 8.01. The van der Waals surface area contributed by atoms with Gasteiger partial charge in [0, 0.05) is 0 Å². The molecule has 8 heteroatoms. The summed E-state index contributed by atoms with van der Waals surface area (Å²) in [5.74, 6) is -1.89. The molecule has 0 bridgehead atoms. The molecule has 150 valence electrons. The van der Waals surface area contributed by atoms with Gasteiger partial charge in [0.2, 0.25) is 5.91 Å². The third-order valence-corrected chi connectivity index (χ3v) is 3.38. The molecule has 0 aliphatic heterocycles. The van der Waals surface area contributed by atoms with Gasteiger partial charge in [-0.3, -0.25) is 4.79 Å². The summed E-state index contributed by atoms with van der Waals surface area (Å²) in [5.41, 5.74) is -1.19. The molecule has 0 radical (unpaired) electrons. The molecule has 0 spiro atoms. The first-order valence-corrected chi connectivity index (χ1v) is 8.57. The summed E-state index contributed by atoms with van der Waals surface area (Å²) in [7, 11) is 0. The van der Waals surface area contributed by atoms with Crippen LogP contribution < -0.4 is 10.6 Å². The zero-order valence-electron chi connectivity index (χ0n) is 16.4. The van der Waals surface area contributed by atoms with Crippen molar-refractivity contribution in [2.45, 2.75) is 58.4 Å². The van der Waals surface area contributed by atoms with Gasteiger partial charge in [0.25, 0.3) is 0 Å². The Morgan fingerprint density at radius 3 is 2.19 bits per heavy atom. The first kappa shape index (κ1) is 22.4. The van der Waals surface area contributed by atoms with E-state index in [-0.39, 0.29) is 13.2 Å². The van der Waals surface area contributed by atoms with Crippen LogP contribution in [0.5, 0.6) is 0 Å². The number of aliphatic carboxylic acids is 1. The Labute approximate surface area is 159 Å². The van der Waals surface area contributed by atoms with Crippen LogP contribution in [-0.2, 0) is 25.7 Å². The maximum atomic E-state index is 12.4. The number of ether oxygens (including phenoxy) is 2. The van der Waals surface area contributed by atoms with Gasteiger partial charge in [-0.1, -0.05) is 30.3 Å². The van der Waals surface area contributed by atoms with Crippen molar-refractivity contribution in [2.75, 3.05) is 6.61 Å². The van der Waals surface area contributed by atoms with Crippen LogP contribution in [0.4, 0.5) is 4.79 Å². The number of rotatable bonds is 8. The molecule has 3 N–H and O–H groups in total. The van der Waals surface area contributed by atoms with Crippen molar-refractivity contribution in [1.82, 2.24) is 10.6 Å². The number of carbonyl (C=O) groups excluding carboxylic acids is 2. The first-order valence-electron chi connectivity index (χ1n) is 8.57. The third kappa shape index (κ3) is 8.54. The smallest absolute Gasteiger partial charge is 0.408 e. The van der Waals surface area contributed by atoms with Crippen molar-refractivity contribution in [2.24, 2.45) is 0 Å². The van der Waals surface area contributed by atoms with E-state index in [1.807, 2.05) is 30.3 Å². The SMILES string of the molecule is CC(C)(C)OC(=O)NC(C)(C)C(=O)N[C@@H](COCc1ccccc1)C(=O)O. The fourth-order valence-electron chi connectivity index (χ4n) is 2.00. The standard InChI is InChI=1S/C19H28N2O6/c1-18(2,3)27-17(25)21-19(4,5)16(24)20-14(15(22)23)12-26-11-13-9-7-6-8-10-13/h6-10,14H,11-12H2,1-5H3,(H,20,24)(H,21,25)(H,22,23)/t14-/m0/s1. The lowest BCUT2D eigenvalue weighted by Gasteiger charge is -2.28. The Kier molecular flexibility index (Phi) is 7.78. The van der Waals surface area contributed by atoms with Gasteiger partial charge in [0.15, 0.2) is 6.04 Å². The van der Waals surface area contributed by atoms with Gasteiger partial charge in [-0.2, -0.15) is 0 Å². The predicted molar refractivity (Wildman–Crippen MR) is 99.1 cm³/mol. The minimum atomic E-state index is -1.37. The molecule has 0 aliphatic carbocycles. The molecule has 1 atom stereocenters. The summed E-state index contributed by atoms with van der Waals surface area (Å²) in [5, 5.41) is 14.1. The van der Waals surface area contributed by atoms with Crippen molar-refractivity contribution in [3.63, 3.8) is 0 Å². The summed E-state index contributed by atoms with van der Waals surface area (Å²) < 4.78 is 10.5. The minimum absolute atomic E-state index is 0.210. The number of amides is 2. The van der Waals surface area contributed by atoms with Crippen molar-refractivity contribution < 1.29 is 29.0 Å². The minimum Gasteiger partial charge on any atom is -0.480 e. The topological polar surface area (TPSA) is 114 Å². The van der Waals surface area contributed by atoms with Crippen molar-refractivity contribution in [3.05, 3.63) is 35.9 Å². The number of nitrogens with one attached hydrogen (secondary N) is 2. The molecular weight excluding hydrogens is 352 g/mol. The van der Waals surface area contributed by atoms with E-state index in [9.17, 15) is 19.5 Å². The van der Waals surface area contributed by atoms with E-state index < -0.39 is 35.2 Å². The quantitative estimate of drug-likeness (QED) is 0.636. The molecular formula is C19H28N2O6. The van der Waals surface area contributed by atoms with Crippen LogP contribution in [0.25, 0.3) is 0 Å². The number of alkyl carbamates (subject to hydrolysis) is 1. The van der Waals surface area contributed by atoms with Gasteiger partial charge in [-0.05, 0) is 40.2 Å². The molecule has 0 unspecified atom stereocenters. The van der Waals surface area contributed by atoms with Crippen LogP contribution in [0.2, 0.25) is 0 Å². The van der Waals surface area contributed by atoms with E-state index in [4.69, 9.17) is 9.47 Å². The van der Waals surface area contributed by atoms with E-state index in [0.717, 1.165) is 5.56 Å². The van der Waals surface area contributed by atoms with Gasteiger partial charge in [-0.25, -0.2) is 9.59 Å². The Balaban J connectivity index is 2.60. The van der Waals surface area contributed by atoms with E-state index in [0.29, 0.717) is 0 Å². The summed E-state index contributed by atoms with van der Waals surface area (Å²) in [6.45, 7) is 8.02. The molecule has 1 rings (SSSR count).